The fraction of sp³-hybridized carbons (Fsp3) is 0.222. The molecule has 0 radical (unpaired) electrons. The monoisotopic (exact) mass is 282 g/mol. The van der Waals surface area contributed by atoms with Gasteiger partial charge in [-0.3, -0.25) is 4.79 Å². The van der Waals surface area contributed by atoms with E-state index in [-0.39, 0.29) is 5.78 Å². The minimum Gasteiger partial charge on any atom is -0.451 e. The summed E-state index contributed by atoms with van der Waals surface area (Å²) >= 11 is 0. The van der Waals surface area contributed by atoms with Crippen molar-refractivity contribution < 1.29 is 14.3 Å². The first-order valence-corrected chi connectivity index (χ1v) is 6.87. The van der Waals surface area contributed by atoms with Crippen LogP contribution in [0.15, 0.2) is 48.5 Å². The molecular weight excluding hydrogens is 264 g/mol. The highest BCUT2D eigenvalue weighted by Gasteiger charge is 2.21. The van der Waals surface area contributed by atoms with E-state index in [1.807, 2.05) is 32.0 Å². The summed E-state index contributed by atoms with van der Waals surface area (Å²) in [5.41, 5.74) is 2.94. The van der Waals surface area contributed by atoms with E-state index in [0.717, 1.165) is 11.1 Å². The van der Waals surface area contributed by atoms with E-state index in [1.54, 1.807) is 37.3 Å². The molecule has 0 heterocycles. The van der Waals surface area contributed by atoms with Gasteiger partial charge in [0.2, 0.25) is 5.78 Å². The highest BCUT2D eigenvalue weighted by molar-refractivity contribution is 6.01. The lowest BCUT2D eigenvalue weighted by molar-refractivity contribution is 0.0318. The highest BCUT2D eigenvalue weighted by Crippen LogP contribution is 2.15. The maximum absolute atomic E-state index is 12.2. The molecule has 2 aromatic rings. The molecular formula is C18H18O3. The van der Waals surface area contributed by atoms with E-state index < -0.39 is 12.1 Å². The topological polar surface area (TPSA) is 43.4 Å². The van der Waals surface area contributed by atoms with Crippen molar-refractivity contribution in [3.63, 3.8) is 0 Å². The van der Waals surface area contributed by atoms with Gasteiger partial charge in [-0.25, -0.2) is 4.79 Å². The third-order valence-corrected chi connectivity index (χ3v) is 3.54. The van der Waals surface area contributed by atoms with Gasteiger partial charge in [0.15, 0.2) is 6.10 Å². The molecule has 0 aliphatic carbocycles. The van der Waals surface area contributed by atoms with Crippen molar-refractivity contribution in [1.29, 1.82) is 0 Å². The minimum absolute atomic E-state index is 0.200. The molecule has 0 aliphatic heterocycles. The summed E-state index contributed by atoms with van der Waals surface area (Å²) in [6, 6.07) is 14.3. The van der Waals surface area contributed by atoms with Gasteiger partial charge in [-0.1, -0.05) is 42.5 Å². The molecule has 108 valence electrons. The number of carbonyl (C=O) groups is 2. The van der Waals surface area contributed by atoms with Crippen LogP contribution in [0.4, 0.5) is 0 Å². The number of rotatable bonds is 4. The molecule has 21 heavy (non-hydrogen) atoms. The molecule has 2 rings (SSSR count). The molecule has 0 aromatic heterocycles. The molecule has 0 saturated carbocycles. The minimum atomic E-state index is -0.806. The zero-order valence-corrected chi connectivity index (χ0v) is 12.4. The van der Waals surface area contributed by atoms with Crippen LogP contribution in [0.2, 0.25) is 0 Å². The Morgan fingerprint density at radius 3 is 2.29 bits per heavy atom. The van der Waals surface area contributed by atoms with E-state index >= 15 is 0 Å². The number of hydrogen-bond donors (Lipinski definition) is 0. The Labute approximate surface area is 124 Å². The lowest BCUT2D eigenvalue weighted by atomic mass is 10.0. The number of ether oxygens (including phenoxy) is 1. The highest BCUT2D eigenvalue weighted by atomic mass is 16.5. The SMILES string of the molecule is Cc1cccc(C(=O)OC(C)C(=O)c2ccccc2)c1C. The summed E-state index contributed by atoms with van der Waals surface area (Å²) in [5, 5.41) is 0. The van der Waals surface area contributed by atoms with Crippen molar-refractivity contribution in [2.45, 2.75) is 26.9 Å². The molecule has 3 heteroatoms. The van der Waals surface area contributed by atoms with Crippen molar-refractivity contribution >= 4 is 11.8 Å². The largest absolute Gasteiger partial charge is 0.451 e. The molecule has 2 aromatic carbocycles. The van der Waals surface area contributed by atoms with Gasteiger partial charge in [0.1, 0.15) is 0 Å². The first kappa shape index (κ1) is 15.0. The van der Waals surface area contributed by atoms with Crippen LogP contribution in [0.25, 0.3) is 0 Å². The maximum Gasteiger partial charge on any atom is 0.339 e. The lowest BCUT2D eigenvalue weighted by Crippen LogP contribution is -2.24. The van der Waals surface area contributed by atoms with Gasteiger partial charge < -0.3 is 4.74 Å². The first-order chi connectivity index (χ1) is 10.0. The maximum atomic E-state index is 12.2. The third kappa shape index (κ3) is 3.37. The molecule has 0 N–H and O–H groups in total. The van der Waals surface area contributed by atoms with Crippen LogP contribution in [0.5, 0.6) is 0 Å². The summed E-state index contributed by atoms with van der Waals surface area (Å²) in [6.07, 6.45) is -0.806. The van der Waals surface area contributed by atoms with Crippen LogP contribution in [-0.2, 0) is 4.74 Å². The summed E-state index contributed by atoms with van der Waals surface area (Å²) in [4.78, 5) is 24.4. The predicted octanol–water partition coefficient (Wildman–Crippen LogP) is 3.73. The number of esters is 1. The van der Waals surface area contributed by atoms with Crippen LogP contribution < -0.4 is 0 Å². The zero-order chi connectivity index (χ0) is 15.4. The Bertz CT molecular complexity index is 659. The van der Waals surface area contributed by atoms with Crippen molar-refractivity contribution in [2.24, 2.45) is 0 Å². The van der Waals surface area contributed by atoms with Gasteiger partial charge in [-0.05, 0) is 38.0 Å². The molecule has 0 amide bonds. The number of benzene rings is 2. The van der Waals surface area contributed by atoms with Crippen LogP contribution in [-0.4, -0.2) is 17.9 Å². The van der Waals surface area contributed by atoms with E-state index in [1.165, 1.54) is 0 Å². The van der Waals surface area contributed by atoms with Crippen molar-refractivity contribution in [1.82, 2.24) is 0 Å². The molecule has 0 spiro atoms. The smallest absolute Gasteiger partial charge is 0.339 e. The van der Waals surface area contributed by atoms with Crippen molar-refractivity contribution in [3.8, 4) is 0 Å². The van der Waals surface area contributed by atoms with Gasteiger partial charge in [-0.15, -0.1) is 0 Å². The van der Waals surface area contributed by atoms with Crippen molar-refractivity contribution in [3.05, 3.63) is 70.8 Å². The number of Topliss-reactive ketones (excluding diaryl/α,β-unsaturated/α-hetero) is 1. The van der Waals surface area contributed by atoms with Gasteiger partial charge >= 0.3 is 5.97 Å². The third-order valence-electron chi connectivity index (χ3n) is 3.54. The second-order valence-electron chi connectivity index (χ2n) is 5.03. The first-order valence-electron chi connectivity index (χ1n) is 6.87. The molecule has 1 unspecified atom stereocenters. The molecule has 0 saturated heterocycles. The van der Waals surface area contributed by atoms with E-state index in [4.69, 9.17) is 4.74 Å². The molecule has 0 aliphatic rings. The summed E-state index contributed by atoms with van der Waals surface area (Å²) < 4.78 is 5.30. The Morgan fingerprint density at radius 2 is 1.62 bits per heavy atom. The van der Waals surface area contributed by atoms with Crippen LogP contribution in [0.1, 0.15) is 38.8 Å². The summed E-state index contributed by atoms with van der Waals surface area (Å²) in [5.74, 6) is -0.665. The number of carbonyl (C=O) groups excluding carboxylic acids is 2. The van der Waals surface area contributed by atoms with Crippen LogP contribution in [0.3, 0.4) is 0 Å². The number of ketones is 1. The number of aryl methyl sites for hydroxylation is 1. The second-order valence-corrected chi connectivity index (χ2v) is 5.03. The van der Waals surface area contributed by atoms with Gasteiger partial charge in [-0.2, -0.15) is 0 Å². The normalized spacial score (nSPS) is 11.8. The second kappa shape index (κ2) is 6.35. The Kier molecular flexibility index (Phi) is 4.53. The van der Waals surface area contributed by atoms with E-state index in [9.17, 15) is 9.59 Å². The van der Waals surface area contributed by atoms with Crippen LogP contribution in [0, 0.1) is 13.8 Å². The average molecular weight is 282 g/mol. The summed E-state index contributed by atoms with van der Waals surface area (Å²) in [6.45, 7) is 5.40. The molecule has 0 bridgehead atoms. The Balaban J connectivity index is 2.12. The zero-order valence-electron chi connectivity index (χ0n) is 12.4. The predicted molar refractivity (Wildman–Crippen MR) is 81.6 cm³/mol. The van der Waals surface area contributed by atoms with Crippen LogP contribution >= 0.6 is 0 Å². The quantitative estimate of drug-likeness (QED) is 0.634. The average Bonchev–Trinajstić information content (AvgIpc) is 2.50. The summed E-state index contributed by atoms with van der Waals surface area (Å²) in [7, 11) is 0. The fourth-order valence-electron chi connectivity index (χ4n) is 2.09. The van der Waals surface area contributed by atoms with Gasteiger partial charge in [0, 0.05) is 5.56 Å². The van der Waals surface area contributed by atoms with Gasteiger partial charge in [0.25, 0.3) is 0 Å². The Morgan fingerprint density at radius 1 is 0.952 bits per heavy atom. The van der Waals surface area contributed by atoms with Gasteiger partial charge in [0.05, 0.1) is 5.56 Å². The fourth-order valence-corrected chi connectivity index (χ4v) is 2.09. The van der Waals surface area contributed by atoms with E-state index in [0.29, 0.717) is 11.1 Å². The lowest BCUT2D eigenvalue weighted by Gasteiger charge is -2.14. The molecule has 1 atom stereocenters. The van der Waals surface area contributed by atoms with E-state index in [2.05, 4.69) is 0 Å². The molecule has 3 nitrogen and oxygen atoms in total. The number of hydrogen-bond acceptors (Lipinski definition) is 3. The molecule has 0 fully saturated rings. The Hall–Kier alpha value is -2.42. The standard InChI is InChI=1S/C18H18O3/c1-12-8-7-11-16(13(12)2)18(20)21-14(3)17(19)15-9-5-4-6-10-15/h4-11,14H,1-3H3. The van der Waals surface area contributed by atoms with Crippen molar-refractivity contribution in [2.75, 3.05) is 0 Å².